The van der Waals surface area contributed by atoms with Crippen LogP contribution in [0.25, 0.3) is 0 Å². The van der Waals surface area contributed by atoms with Gasteiger partial charge in [0, 0.05) is 12.8 Å². The van der Waals surface area contributed by atoms with Gasteiger partial charge in [-0.3, -0.25) is 0 Å². The van der Waals surface area contributed by atoms with E-state index in [1.165, 1.54) is 0 Å². The van der Waals surface area contributed by atoms with Crippen molar-refractivity contribution in [1.82, 2.24) is 0 Å². The van der Waals surface area contributed by atoms with Gasteiger partial charge in [-0.15, -0.1) is 12.3 Å². The number of hydrogen-bond acceptors (Lipinski definition) is 1. The van der Waals surface area contributed by atoms with E-state index in [-0.39, 0.29) is 0 Å². The van der Waals surface area contributed by atoms with Gasteiger partial charge in [0.1, 0.15) is 0 Å². The molecule has 0 bridgehead atoms. The smallest absolute Gasteiger partial charge is 0.244 e. The molecule has 0 spiro atoms. The zero-order valence-corrected chi connectivity index (χ0v) is 13.1. The Kier molecular flexibility index (Phi) is 7.84. The van der Waals surface area contributed by atoms with Gasteiger partial charge in [-0.25, -0.2) is 0 Å². The summed E-state index contributed by atoms with van der Waals surface area (Å²) >= 11 is 0. The van der Waals surface area contributed by atoms with Crippen LogP contribution in [0.4, 0.5) is 0 Å². The molecule has 0 aliphatic heterocycles. The highest BCUT2D eigenvalue weighted by Crippen LogP contribution is 2.33. The molecule has 96 valence electrons. The van der Waals surface area contributed by atoms with Gasteiger partial charge in [0.25, 0.3) is 0 Å². The molecule has 0 amide bonds. The highest BCUT2D eigenvalue weighted by atomic mass is 28.3. The fourth-order valence-corrected chi connectivity index (χ4v) is 2.04. The van der Waals surface area contributed by atoms with Gasteiger partial charge in [-0.1, -0.05) is 26.7 Å². The van der Waals surface area contributed by atoms with Crippen LogP contribution in [0.1, 0.15) is 46.5 Å². The monoisotopic (exact) mass is 250 g/mol. The average molecular weight is 250 g/mol. The van der Waals surface area contributed by atoms with E-state index in [0.717, 1.165) is 25.7 Å². The lowest BCUT2D eigenvalue weighted by Crippen LogP contribution is -2.20. The second-order valence-electron chi connectivity index (χ2n) is 5.79. The number of rotatable bonds is 5. The summed E-state index contributed by atoms with van der Waals surface area (Å²) in [6, 6.07) is 0. The summed E-state index contributed by atoms with van der Waals surface area (Å²) in [5, 5.41) is 0. The van der Waals surface area contributed by atoms with Crippen molar-refractivity contribution in [2.24, 2.45) is 11.3 Å². The van der Waals surface area contributed by atoms with Crippen molar-refractivity contribution in [2.75, 3.05) is 0 Å². The number of hydrogen-bond donors (Lipinski definition) is 0. The minimum atomic E-state index is -0.990. The van der Waals surface area contributed by atoms with E-state index in [1.807, 2.05) is 0 Å². The molecule has 0 aromatic heterocycles. The Bertz CT molecular complexity index is 296. The van der Waals surface area contributed by atoms with Crippen LogP contribution >= 0.6 is 0 Å². The molecule has 2 heteroatoms. The van der Waals surface area contributed by atoms with E-state index in [0.29, 0.717) is 11.3 Å². The van der Waals surface area contributed by atoms with Crippen molar-refractivity contribution in [1.29, 1.82) is 0 Å². The predicted molar refractivity (Wildman–Crippen MR) is 78.0 cm³/mol. The first-order valence-corrected chi connectivity index (χ1v) is 9.23. The van der Waals surface area contributed by atoms with Crippen LogP contribution in [-0.4, -0.2) is 9.04 Å². The zero-order valence-electron chi connectivity index (χ0n) is 12.0. The lowest BCUT2D eigenvalue weighted by Gasteiger charge is -2.29. The molecule has 0 aromatic rings. The molecule has 1 unspecified atom stereocenters. The number of terminal acetylenes is 1. The standard InChI is InChI=1S/C15H26OSi/c1-7-8-11-14(15(2,3)4)12-9-10-13-16-17(5)6/h1,14,17H,8-9,11-12H2,2-6H3. The molecular formula is C15H26OSi. The summed E-state index contributed by atoms with van der Waals surface area (Å²) in [4.78, 5) is 0. The molecule has 0 saturated heterocycles. The van der Waals surface area contributed by atoms with Gasteiger partial charge in [0.05, 0.1) is 6.11 Å². The van der Waals surface area contributed by atoms with Crippen molar-refractivity contribution in [3.05, 3.63) is 0 Å². The highest BCUT2D eigenvalue weighted by molar-refractivity contribution is 6.48. The first-order valence-electron chi connectivity index (χ1n) is 6.45. The molecular weight excluding hydrogens is 224 g/mol. The minimum absolute atomic E-state index is 0.312. The molecule has 0 aliphatic carbocycles. The van der Waals surface area contributed by atoms with Gasteiger partial charge < -0.3 is 4.43 Å². The quantitative estimate of drug-likeness (QED) is 0.533. The SMILES string of the molecule is C#CCCC(CCC#CO[SiH](C)C)C(C)(C)C. The first kappa shape index (κ1) is 16.1. The van der Waals surface area contributed by atoms with Gasteiger partial charge >= 0.3 is 0 Å². The fourth-order valence-electron chi connectivity index (χ4n) is 1.72. The average Bonchev–Trinajstić information content (AvgIpc) is 2.19. The van der Waals surface area contributed by atoms with Crippen molar-refractivity contribution < 1.29 is 4.43 Å². The molecule has 0 heterocycles. The molecule has 0 aliphatic rings. The van der Waals surface area contributed by atoms with Crippen LogP contribution in [-0.2, 0) is 4.43 Å². The molecule has 0 N–H and O–H groups in total. The van der Waals surface area contributed by atoms with E-state index < -0.39 is 9.04 Å². The van der Waals surface area contributed by atoms with Crippen LogP contribution in [0.2, 0.25) is 13.1 Å². The molecule has 0 saturated carbocycles. The van der Waals surface area contributed by atoms with Crippen molar-refractivity contribution >= 4 is 9.04 Å². The summed E-state index contributed by atoms with van der Waals surface area (Å²) in [6.45, 7) is 11.1. The summed E-state index contributed by atoms with van der Waals surface area (Å²) in [7, 11) is -0.990. The van der Waals surface area contributed by atoms with Crippen LogP contribution in [0, 0.1) is 35.7 Å². The van der Waals surface area contributed by atoms with Gasteiger partial charge in [-0.05, 0) is 37.3 Å². The topological polar surface area (TPSA) is 9.23 Å². The lowest BCUT2D eigenvalue weighted by molar-refractivity contribution is 0.216. The van der Waals surface area contributed by atoms with Gasteiger partial charge in [0.15, 0.2) is 0 Å². The normalized spacial score (nSPS) is 12.5. The first-order chi connectivity index (χ1) is 7.88. The largest absolute Gasteiger partial charge is 0.505 e. The molecule has 1 nitrogen and oxygen atoms in total. The summed E-state index contributed by atoms with van der Waals surface area (Å²) in [5.74, 6) is 6.48. The van der Waals surface area contributed by atoms with E-state index in [1.54, 1.807) is 0 Å². The molecule has 0 aromatic carbocycles. The highest BCUT2D eigenvalue weighted by Gasteiger charge is 2.23. The molecule has 0 fully saturated rings. The fraction of sp³-hybridized carbons (Fsp3) is 0.733. The third-order valence-electron chi connectivity index (χ3n) is 2.85. The maximum atomic E-state index is 5.34. The minimum Gasteiger partial charge on any atom is -0.505 e. The Balaban J connectivity index is 4.08. The van der Waals surface area contributed by atoms with E-state index in [2.05, 4.69) is 51.8 Å². The van der Waals surface area contributed by atoms with Crippen LogP contribution < -0.4 is 0 Å². The van der Waals surface area contributed by atoms with Crippen LogP contribution in [0.5, 0.6) is 0 Å². The third kappa shape index (κ3) is 8.90. The molecule has 0 rings (SSSR count). The van der Waals surface area contributed by atoms with Crippen molar-refractivity contribution in [3.8, 4) is 24.4 Å². The summed E-state index contributed by atoms with van der Waals surface area (Å²) in [5.41, 5.74) is 0.312. The Morgan fingerprint density at radius 1 is 1.18 bits per heavy atom. The zero-order chi connectivity index (χ0) is 13.3. The predicted octanol–water partition coefficient (Wildman–Crippen LogP) is 3.80. The Hall–Kier alpha value is -0.863. The Labute approximate surface area is 109 Å². The van der Waals surface area contributed by atoms with Crippen molar-refractivity contribution in [3.63, 3.8) is 0 Å². The molecule has 1 atom stereocenters. The van der Waals surface area contributed by atoms with Gasteiger partial charge in [-0.2, -0.15) is 0 Å². The van der Waals surface area contributed by atoms with E-state index >= 15 is 0 Å². The van der Waals surface area contributed by atoms with Crippen LogP contribution in [0.15, 0.2) is 0 Å². The summed E-state index contributed by atoms with van der Waals surface area (Å²) in [6.07, 6.45) is 12.1. The Morgan fingerprint density at radius 3 is 2.24 bits per heavy atom. The maximum absolute atomic E-state index is 5.34. The van der Waals surface area contributed by atoms with E-state index in [4.69, 9.17) is 10.8 Å². The van der Waals surface area contributed by atoms with E-state index in [9.17, 15) is 0 Å². The molecule has 0 radical (unpaired) electrons. The van der Waals surface area contributed by atoms with Gasteiger partial charge in [0.2, 0.25) is 9.04 Å². The second-order valence-corrected chi connectivity index (χ2v) is 8.12. The third-order valence-corrected chi connectivity index (χ3v) is 3.44. The Morgan fingerprint density at radius 2 is 1.76 bits per heavy atom. The lowest BCUT2D eigenvalue weighted by atomic mass is 9.76. The maximum Gasteiger partial charge on any atom is 0.244 e. The molecule has 17 heavy (non-hydrogen) atoms. The second kappa shape index (κ2) is 8.26. The van der Waals surface area contributed by atoms with Crippen molar-refractivity contribution in [2.45, 2.75) is 59.5 Å². The summed E-state index contributed by atoms with van der Waals surface area (Å²) < 4.78 is 5.34. The van der Waals surface area contributed by atoms with Crippen LogP contribution in [0.3, 0.4) is 0 Å².